The van der Waals surface area contributed by atoms with E-state index >= 15 is 0 Å². The van der Waals surface area contributed by atoms with Gasteiger partial charge in [-0.1, -0.05) is 20.3 Å². The van der Waals surface area contributed by atoms with Crippen LogP contribution in [0.1, 0.15) is 43.5 Å². The number of aromatic nitrogens is 1. The molecule has 0 radical (unpaired) electrons. The lowest BCUT2D eigenvalue weighted by Gasteiger charge is -2.06. The van der Waals surface area contributed by atoms with Crippen LogP contribution in [0.4, 0.5) is 0 Å². The van der Waals surface area contributed by atoms with Gasteiger partial charge in [-0.3, -0.25) is 9.78 Å². The van der Waals surface area contributed by atoms with Crippen LogP contribution in [0, 0.1) is 5.92 Å². The molecule has 0 amide bonds. The maximum atomic E-state index is 11.6. The zero-order chi connectivity index (χ0) is 10.4. The van der Waals surface area contributed by atoms with Gasteiger partial charge in [-0.15, -0.1) is 0 Å². The molecule has 1 rings (SSSR count). The van der Waals surface area contributed by atoms with Gasteiger partial charge in [-0.2, -0.15) is 0 Å². The van der Waals surface area contributed by atoms with Crippen LogP contribution < -0.4 is 0 Å². The third-order valence-electron chi connectivity index (χ3n) is 2.56. The lowest BCUT2D eigenvalue weighted by Crippen LogP contribution is -2.02. The van der Waals surface area contributed by atoms with Crippen LogP contribution in [0.5, 0.6) is 0 Å². The Morgan fingerprint density at radius 2 is 2.07 bits per heavy atom. The van der Waals surface area contributed by atoms with E-state index < -0.39 is 0 Å². The highest BCUT2D eigenvalue weighted by Crippen LogP contribution is 2.12. The molecule has 0 aromatic carbocycles. The minimum atomic E-state index is 0.229. The molecule has 0 aliphatic rings. The van der Waals surface area contributed by atoms with Crippen molar-refractivity contribution in [2.24, 2.45) is 5.92 Å². The van der Waals surface area contributed by atoms with Gasteiger partial charge in [-0.05, 0) is 24.5 Å². The predicted octanol–water partition coefficient (Wildman–Crippen LogP) is 3.09. The van der Waals surface area contributed by atoms with Crippen molar-refractivity contribution in [3.05, 3.63) is 30.1 Å². The molecule has 2 heteroatoms. The van der Waals surface area contributed by atoms with Crippen molar-refractivity contribution in [3.63, 3.8) is 0 Å². The molecule has 0 saturated carbocycles. The molecule has 0 spiro atoms. The molecule has 1 unspecified atom stereocenters. The number of carbonyl (C=O) groups is 1. The Labute approximate surface area is 85.4 Å². The van der Waals surface area contributed by atoms with E-state index in [1.165, 1.54) is 0 Å². The van der Waals surface area contributed by atoms with Crippen molar-refractivity contribution in [2.75, 3.05) is 0 Å². The monoisotopic (exact) mass is 191 g/mol. The molecule has 14 heavy (non-hydrogen) atoms. The van der Waals surface area contributed by atoms with Crippen molar-refractivity contribution in [1.29, 1.82) is 0 Å². The first-order chi connectivity index (χ1) is 6.74. The number of hydrogen-bond acceptors (Lipinski definition) is 2. The van der Waals surface area contributed by atoms with E-state index in [1.807, 2.05) is 0 Å². The second-order valence-corrected chi connectivity index (χ2v) is 3.71. The zero-order valence-electron chi connectivity index (χ0n) is 8.86. The summed E-state index contributed by atoms with van der Waals surface area (Å²) in [6, 6.07) is 3.55. The topological polar surface area (TPSA) is 30.0 Å². The maximum Gasteiger partial charge on any atom is 0.162 e. The highest BCUT2D eigenvalue weighted by molar-refractivity contribution is 5.95. The van der Waals surface area contributed by atoms with Crippen LogP contribution in [0.25, 0.3) is 0 Å². The number of pyridine rings is 1. The summed E-state index contributed by atoms with van der Waals surface area (Å²) >= 11 is 0. The molecule has 1 atom stereocenters. The van der Waals surface area contributed by atoms with Crippen LogP contribution in [0.3, 0.4) is 0 Å². The predicted molar refractivity (Wildman–Crippen MR) is 57.3 cm³/mol. The fraction of sp³-hybridized carbons (Fsp3) is 0.500. The highest BCUT2D eigenvalue weighted by atomic mass is 16.1. The number of hydrogen-bond donors (Lipinski definition) is 0. The van der Waals surface area contributed by atoms with Gasteiger partial charge in [0.05, 0.1) is 0 Å². The van der Waals surface area contributed by atoms with Gasteiger partial charge < -0.3 is 0 Å². The van der Waals surface area contributed by atoms with Crippen LogP contribution in [-0.2, 0) is 0 Å². The molecular formula is C12H17NO. The Bertz CT molecular complexity index is 282. The van der Waals surface area contributed by atoms with Gasteiger partial charge in [0.2, 0.25) is 0 Å². The fourth-order valence-electron chi connectivity index (χ4n) is 1.26. The second-order valence-electron chi connectivity index (χ2n) is 3.71. The Kier molecular flexibility index (Phi) is 4.30. The Morgan fingerprint density at radius 1 is 1.43 bits per heavy atom. The largest absolute Gasteiger partial charge is 0.294 e. The van der Waals surface area contributed by atoms with Gasteiger partial charge in [0.1, 0.15) is 0 Å². The van der Waals surface area contributed by atoms with E-state index in [4.69, 9.17) is 0 Å². The summed E-state index contributed by atoms with van der Waals surface area (Å²) in [7, 11) is 0. The van der Waals surface area contributed by atoms with E-state index in [-0.39, 0.29) is 5.78 Å². The summed E-state index contributed by atoms with van der Waals surface area (Å²) in [6.45, 7) is 4.33. The average Bonchev–Trinajstić information content (AvgIpc) is 2.26. The summed E-state index contributed by atoms with van der Waals surface area (Å²) in [5, 5.41) is 0. The van der Waals surface area contributed by atoms with Gasteiger partial charge >= 0.3 is 0 Å². The van der Waals surface area contributed by atoms with E-state index in [9.17, 15) is 4.79 Å². The second kappa shape index (κ2) is 5.53. The van der Waals surface area contributed by atoms with Crippen molar-refractivity contribution < 1.29 is 4.79 Å². The SMILES string of the molecule is CCC(C)CCC(=O)c1ccncc1. The van der Waals surface area contributed by atoms with Gasteiger partial charge in [0.25, 0.3) is 0 Å². The van der Waals surface area contributed by atoms with Crippen molar-refractivity contribution in [3.8, 4) is 0 Å². The molecule has 0 saturated heterocycles. The number of ketones is 1. The minimum Gasteiger partial charge on any atom is -0.294 e. The molecular weight excluding hydrogens is 174 g/mol. The molecule has 1 aromatic rings. The van der Waals surface area contributed by atoms with Crippen molar-refractivity contribution in [2.45, 2.75) is 33.1 Å². The summed E-state index contributed by atoms with van der Waals surface area (Å²) in [4.78, 5) is 15.5. The van der Waals surface area contributed by atoms with E-state index in [1.54, 1.807) is 24.5 Å². The first-order valence-corrected chi connectivity index (χ1v) is 5.17. The normalized spacial score (nSPS) is 12.4. The molecule has 0 fully saturated rings. The van der Waals surface area contributed by atoms with Crippen LogP contribution in [-0.4, -0.2) is 10.8 Å². The smallest absolute Gasteiger partial charge is 0.162 e. The Hall–Kier alpha value is -1.18. The number of Topliss-reactive ketones (excluding diaryl/α,β-unsaturated/α-hetero) is 1. The van der Waals surface area contributed by atoms with Crippen LogP contribution in [0.2, 0.25) is 0 Å². The van der Waals surface area contributed by atoms with Gasteiger partial charge in [0.15, 0.2) is 5.78 Å². The minimum absolute atomic E-state index is 0.229. The lowest BCUT2D eigenvalue weighted by atomic mass is 9.99. The Balaban J connectivity index is 2.44. The molecule has 0 N–H and O–H groups in total. The summed E-state index contributed by atoms with van der Waals surface area (Å²) in [5.41, 5.74) is 0.781. The van der Waals surface area contributed by atoms with Gasteiger partial charge in [-0.25, -0.2) is 0 Å². The van der Waals surface area contributed by atoms with Crippen molar-refractivity contribution >= 4 is 5.78 Å². The zero-order valence-corrected chi connectivity index (χ0v) is 8.86. The molecule has 76 valence electrons. The van der Waals surface area contributed by atoms with E-state index in [0.717, 1.165) is 18.4 Å². The average molecular weight is 191 g/mol. The molecule has 0 aliphatic heterocycles. The van der Waals surface area contributed by atoms with Crippen LogP contribution >= 0.6 is 0 Å². The Morgan fingerprint density at radius 3 is 2.64 bits per heavy atom. The molecule has 0 aliphatic carbocycles. The fourth-order valence-corrected chi connectivity index (χ4v) is 1.26. The highest BCUT2D eigenvalue weighted by Gasteiger charge is 2.07. The van der Waals surface area contributed by atoms with E-state index in [2.05, 4.69) is 18.8 Å². The lowest BCUT2D eigenvalue weighted by molar-refractivity contribution is 0.0974. The number of rotatable bonds is 5. The van der Waals surface area contributed by atoms with Gasteiger partial charge in [0, 0.05) is 24.4 Å². The first kappa shape index (κ1) is 10.9. The summed E-state index contributed by atoms with van der Waals surface area (Å²) in [5.74, 6) is 0.869. The molecule has 1 aromatic heterocycles. The summed E-state index contributed by atoms with van der Waals surface area (Å²) < 4.78 is 0. The van der Waals surface area contributed by atoms with Crippen LogP contribution in [0.15, 0.2) is 24.5 Å². The standard InChI is InChI=1S/C12H17NO/c1-3-10(2)4-5-12(14)11-6-8-13-9-7-11/h6-10H,3-5H2,1-2H3. The van der Waals surface area contributed by atoms with E-state index in [0.29, 0.717) is 12.3 Å². The maximum absolute atomic E-state index is 11.6. The molecule has 1 heterocycles. The number of carbonyl (C=O) groups excluding carboxylic acids is 1. The molecule has 2 nitrogen and oxygen atoms in total. The molecule has 0 bridgehead atoms. The van der Waals surface area contributed by atoms with Crippen molar-refractivity contribution in [1.82, 2.24) is 4.98 Å². The first-order valence-electron chi connectivity index (χ1n) is 5.17. The summed E-state index contributed by atoms with van der Waals surface area (Å²) in [6.07, 6.45) is 6.10. The third kappa shape index (κ3) is 3.29. The quantitative estimate of drug-likeness (QED) is 0.669. The number of nitrogens with zero attached hydrogens (tertiary/aromatic N) is 1. The third-order valence-corrected chi connectivity index (χ3v) is 2.56.